The lowest BCUT2D eigenvalue weighted by Gasteiger charge is -2.16. The quantitative estimate of drug-likeness (QED) is 0.935. The first kappa shape index (κ1) is 12.2. The highest BCUT2D eigenvalue weighted by Gasteiger charge is 2.13. The van der Waals surface area contributed by atoms with Gasteiger partial charge in [-0.25, -0.2) is 4.98 Å². The number of carbonyl (C=O) groups is 1. The van der Waals surface area contributed by atoms with Crippen LogP contribution in [0.15, 0.2) is 35.8 Å². The number of rotatable bonds is 3. The van der Waals surface area contributed by atoms with Crippen LogP contribution in [0, 0.1) is 0 Å². The van der Waals surface area contributed by atoms with Crippen molar-refractivity contribution in [2.24, 2.45) is 0 Å². The van der Waals surface area contributed by atoms with Crippen LogP contribution < -0.4 is 10.2 Å². The number of nitrogens with zero attached hydrogens (tertiary/aromatic N) is 2. The molecule has 0 aliphatic carbocycles. The van der Waals surface area contributed by atoms with Crippen molar-refractivity contribution in [1.82, 2.24) is 4.98 Å². The van der Waals surface area contributed by atoms with E-state index in [1.54, 1.807) is 6.20 Å². The molecule has 0 spiro atoms. The second kappa shape index (κ2) is 5.40. The normalized spacial score (nSPS) is 14.6. The van der Waals surface area contributed by atoms with E-state index in [-0.39, 0.29) is 5.91 Å². The zero-order valence-electron chi connectivity index (χ0n) is 10.5. The minimum Gasteiger partial charge on any atom is -0.357 e. The van der Waals surface area contributed by atoms with Gasteiger partial charge < -0.3 is 10.2 Å². The first-order chi connectivity index (χ1) is 9.33. The average Bonchev–Trinajstić information content (AvgIpc) is 3.13. The molecule has 0 atom stereocenters. The number of thiophene rings is 1. The zero-order valence-corrected chi connectivity index (χ0v) is 11.3. The van der Waals surface area contributed by atoms with E-state index in [2.05, 4.69) is 15.2 Å². The van der Waals surface area contributed by atoms with E-state index >= 15 is 0 Å². The Morgan fingerprint density at radius 2 is 2.11 bits per heavy atom. The van der Waals surface area contributed by atoms with Crippen LogP contribution in [0.3, 0.4) is 0 Å². The van der Waals surface area contributed by atoms with E-state index < -0.39 is 0 Å². The highest BCUT2D eigenvalue weighted by molar-refractivity contribution is 7.12. The minimum absolute atomic E-state index is 0.0780. The molecule has 2 aromatic heterocycles. The summed E-state index contributed by atoms with van der Waals surface area (Å²) in [5, 5.41) is 4.75. The van der Waals surface area contributed by atoms with Crippen LogP contribution in [0.5, 0.6) is 0 Å². The molecule has 0 bridgehead atoms. The molecule has 0 unspecified atom stereocenters. The molecule has 2 aromatic rings. The first-order valence-corrected chi connectivity index (χ1v) is 7.27. The molecular weight excluding hydrogens is 258 g/mol. The fourth-order valence-corrected chi connectivity index (χ4v) is 2.81. The third-order valence-corrected chi connectivity index (χ3v) is 4.05. The molecule has 19 heavy (non-hydrogen) atoms. The summed E-state index contributed by atoms with van der Waals surface area (Å²) < 4.78 is 0. The second-order valence-corrected chi connectivity index (χ2v) is 5.48. The fraction of sp³-hybridized carbons (Fsp3) is 0.286. The lowest BCUT2D eigenvalue weighted by molar-refractivity contribution is 0.103. The van der Waals surface area contributed by atoms with Crippen LogP contribution in [0.4, 0.5) is 11.5 Å². The summed E-state index contributed by atoms with van der Waals surface area (Å²) in [6.07, 6.45) is 4.19. The Bertz CT molecular complexity index is 545. The number of amides is 1. The van der Waals surface area contributed by atoms with Gasteiger partial charge in [-0.15, -0.1) is 11.3 Å². The molecule has 98 valence electrons. The van der Waals surface area contributed by atoms with Gasteiger partial charge >= 0.3 is 0 Å². The SMILES string of the molecule is O=C(Nc1ccc(N2CCCC2)nc1)c1cccs1. The summed E-state index contributed by atoms with van der Waals surface area (Å²) in [7, 11) is 0. The van der Waals surface area contributed by atoms with Crippen LogP contribution in [0.2, 0.25) is 0 Å². The molecule has 1 N–H and O–H groups in total. The van der Waals surface area contributed by atoms with Crippen LogP contribution >= 0.6 is 11.3 Å². The van der Waals surface area contributed by atoms with E-state index in [4.69, 9.17) is 0 Å². The Hall–Kier alpha value is -1.88. The molecule has 1 amide bonds. The van der Waals surface area contributed by atoms with Crippen LogP contribution in [0.1, 0.15) is 22.5 Å². The number of hydrogen-bond donors (Lipinski definition) is 1. The fourth-order valence-electron chi connectivity index (χ4n) is 2.19. The topological polar surface area (TPSA) is 45.2 Å². The van der Waals surface area contributed by atoms with Crippen molar-refractivity contribution in [3.8, 4) is 0 Å². The summed E-state index contributed by atoms with van der Waals surface area (Å²) >= 11 is 1.43. The molecule has 0 aromatic carbocycles. The molecule has 4 nitrogen and oxygen atoms in total. The Labute approximate surface area is 116 Å². The predicted molar refractivity (Wildman–Crippen MR) is 78.0 cm³/mol. The summed E-state index contributed by atoms with van der Waals surface area (Å²) in [5.74, 6) is 0.914. The van der Waals surface area contributed by atoms with Crippen molar-refractivity contribution in [3.63, 3.8) is 0 Å². The van der Waals surface area contributed by atoms with E-state index in [1.807, 2.05) is 29.6 Å². The smallest absolute Gasteiger partial charge is 0.265 e. The van der Waals surface area contributed by atoms with Crippen molar-refractivity contribution < 1.29 is 4.79 Å². The maximum Gasteiger partial charge on any atom is 0.265 e. The molecule has 1 fully saturated rings. The second-order valence-electron chi connectivity index (χ2n) is 4.53. The molecule has 0 saturated carbocycles. The largest absolute Gasteiger partial charge is 0.357 e. The van der Waals surface area contributed by atoms with E-state index in [0.29, 0.717) is 4.88 Å². The molecule has 1 aliphatic heterocycles. The summed E-state index contributed by atoms with van der Waals surface area (Å²) in [4.78, 5) is 19.3. The van der Waals surface area contributed by atoms with Crippen LogP contribution in [-0.4, -0.2) is 24.0 Å². The van der Waals surface area contributed by atoms with E-state index in [1.165, 1.54) is 24.2 Å². The number of anilines is 2. The van der Waals surface area contributed by atoms with Gasteiger partial charge in [-0.1, -0.05) is 6.07 Å². The molecule has 1 saturated heterocycles. The maximum atomic E-state index is 11.9. The lowest BCUT2D eigenvalue weighted by Crippen LogP contribution is -2.19. The van der Waals surface area contributed by atoms with Crippen molar-refractivity contribution in [1.29, 1.82) is 0 Å². The van der Waals surface area contributed by atoms with E-state index in [0.717, 1.165) is 24.6 Å². The third kappa shape index (κ3) is 2.76. The molecule has 5 heteroatoms. The highest BCUT2D eigenvalue weighted by atomic mass is 32.1. The summed E-state index contributed by atoms with van der Waals surface area (Å²) in [5.41, 5.74) is 0.737. The zero-order chi connectivity index (χ0) is 13.1. The number of carbonyl (C=O) groups excluding carboxylic acids is 1. The van der Waals surface area contributed by atoms with Crippen molar-refractivity contribution in [3.05, 3.63) is 40.7 Å². The van der Waals surface area contributed by atoms with Gasteiger partial charge in [-0.2, -0.15) is 0 Å². The molecule has 3 heterocycles. The minimum atomic E-state index is -0.0780. The Morgan fingerprint density at radius 1 is 1.26 bits per heavy atom. The van der Waals surface area contributed by atoms with Gasteiger partial charge in [-0.3, -0.25) is 4.79 Å². The van der Waals surface area contributed by atoms with Gasteiger partial charge in [0.2, 0.25) is 0 Å². The third-order valence-electron chi connectivity index (χ3n) is 3.18. The van der Waals surface area contributed by atoms with Gasteiger partial charge in [0.05, 0.1) is 16.8 Å². The Morgan fingerprint density at radius 3 is 2.74 bits per heavy atom. The first-order valence-electron chi connectivity index (χ1n) is 6.39. The summed E-state index contributed by atoms with van der Waals surface area (Å²) in [6.45, 7) is 2.15. The van der Waals surface area contributed by atoms with Gasteiger partial charge in [0.25, 0.3) is 5.91 Å². The van der Waals surface area contributed by atoms with Gasteiger partial charge in [0.15, 0.2) is 0 Å². The molecule has 1 aliphatic rings. The highest BCUT2D eigenvalue weighted by Crippen LogP contribution is 2.19. The van der Waals surface area contributed by atoms with Gasteiger partial charge in [0.1, 0.15) is 5.82 Å². The van der Waals surface area contributed by atoms with Crippen LogP contribution in [0.25, 0.3) is 0 Å². The summed E-state index contributed by atoms with van der Waals surface area (Å²) in [6, 6.07) is 7.56. The lowest BCUT2D eigenvalue weighted by atomic mass is 10.3. The van der Waals surface area contributed by atoms with E-state index in [9.17, 15) is 4.79 Å². The van der Waals surface area contributed by atoms with Gasteiger partial charge in [0, 0.05) is 13.1 Å². The van der Waals surface area contributed by atoms with Crippen molar-refractivity contribution >= 4 is 28.7 Å². The number of nitrogens with one attached hydrogen (secondary N) is 1. The van der Waals surface area contributed by atoms with Crippen molar-refractivity contribution in [2.45, 2.75) is 12.8 Å². The Balaban J connectivity index is 1.67. The number of pyridine rings is 1. The van der Waals surface area contributed by atoms with Crippen molar-refractivity contribution in [2.75, 3.05) is 23.3 Å². The number of hydrogen-bond acceptors (Lipinski definition) is 4. The van der Waals surface area contributed by atoms with Gasteiger partial charge in [-0.05, 0) is 36.4 Å². The molecule has 3 rings (SSSR count). The molecule has 0 radical (unpaired) electrons. The number of aromatic nitrogens is 1. The molecular formula is C14H15N3OS. The van der Waals surface area contributed by atoms with Crippen LogP contribution in [-0.2, 0) is 0 Å². The standard InChI is InChI=1S/C14H15N3OS/c18-14(12-4-3-9-19-12)16-11-5-6-13(15-10-11)17-7-1-2-8-17/h3-6,9-10H,1-2,7-8H2,(H,16,18). The Kier molecular flexibility index (Phi) is 3.46. The monoisotopic (exact) mass is 273 g/mol. The maximum absolute atomic E-state index is 11.9. The predicted octanol–water partition coefficient (Wildman–Crippen LogP) is 3.00. The average molecular weight is 273 g/mol.